The van der Waals surface area contributed by atoms with E-state index in [0.717, 1.165) is 57.8 Å². The average Bonchev–Trinajstić information content (AvgIpc) is 3.88. The minimum atomic E-state index is -1.15. The first-order chi connectivity index (χ1) is 21.3. The van der Waals surface area contributed by atoms with Gasteiger partial charge in [-0.05, 0) is 98.1 Å². The van der Waals surface area contributed by atoms with E-state index < -0.39 is 34.9 Å². The Morgan fingerprint density at radius 1 is 0.568 bits per heavy atom. The van der Waals surface area contributed by atoms with Gasteiger partial charge in [-0.3, -0.25) is 0 Å². The van der Waals surface area contributed by atoms with Crippen molar-refractivity contribution in [1.82, 2.24) is 0 Å². The summed E-state index contributed by atoms with van der Waals surface area (Å²) in [5.41, 5.74) is 0.771. The molecule has 0 amide bonds. The van der Waals surface area contributed by atoms with Crippen molar-refractivity contribution in [2.45, 2.75) is 96.0 Å². The van der Waals surface area contributed by atoms with Crippen molar-refractivity contribution in [3.05, 3.63) is 93.6 Å². The molecule has 3 aliphatic rings. The highest BCUT2D eigenvalue weighted by molar-refractivity contribution is 5.66. The Balaban J connectivity index is 0.997. The molecule has 7 heteroatoms. The van der Waals surface area contributed by atoms with Crippen LogP contribution in [0.4, 0.5) is 26.3 Å². The van der Waals surface area contributed by atoms with Crippen LogP contribution in [0.5, 0.6) is 0 Å². The van der Waals surface area contributed by atoms with Crippen molar-refractivity contribution in [1.29, 1.82) is 0 Å². The first kappa shape index (κ1) is 31.2. The third-order valence-corrected chi connectivity index (χ3v) is 10.5. The second-order valence-electron chi connectivity index (χ2n) is 13.2. The maximum atomic E-state index is 15.1. The van der Waals surface area contributed by atoms with Crippen LogP contribution in [0.15, 0.2) is 36.4 Å². The lowest BCUT2D eigenvalue weighted by molar-refractivity contribution is 0.156. The second-order valence-corrected chi connectivity index (χ2v) is 13.2. The molecule has 3 aromatic carbocycles. The van der Waals surface area contributed by atoms with Gasteiger partial charge in [0.1, 0.15) is 6.10 Å². The standard InChI is InChI=1S/C37H40F6O/c1-2-3-25-14-16-28(35(41)32(25)38)29-17-15-26(33(39)36(29)42)9-6-21-4-7-22(8-5-21)23-10-12-24(13-11-23)27-18-19-30(31-20-44-31)37(43)34(27)40/h14-19,21-24,31H,2-13,20H2,1H3. The quantitative estimate of drug-likeness (QED) is 0.173. The van der Waals surface area contributed by atoms with E-state index in [1.807, 2.05) is 6.92 Å². The van der Waals surface area contributed by atoms with Crippen LogP contribution >= 0.6 is 0 Å². The minimum absolute atomic E-state index is 0.0453. The molecule has 1 saturated heterocycles. The minimum Gasteiger partial charge on any atom is -0.368 e. The molecular formula is C37H40F6O. The fraction of sp³-hybridized carbons (Fsp3) is 0.514. The fourth-order valence-electron chi connectivity index (χ4n) is 7.83. The highest BCUT2D eigenvalue weighted by Gasteiger charge is 2.34. The van der Waals surface area contributed by atoms with E-state index >= 15 is 8.78 Å². The molecule has 1 atom stereocenters. The van der Waals surface area contributed by atoms with E-state index in [0.29, 0.717) is 54.7 Å². The zero-order valence-corrected chi connectivity index (χ0v) is 25.2. The van der Waals surface area contributed by atoms with Crippen LogP contribution in [0.3, 0.4) is 0 Å². The Hall–Kier alpha value is -2.80. The Bertz CT molecular complexity index is 1480. The van der Waals surface area contributed by atoms with Gasteiger partial charge in [-0.2, -0.15) is 0 Å². The van der Waals surface area contributed by atoms with Gasteiger partial charge in [0, 0.05) is 16.7 Å². The molecule has 0 N–H and O–H groups in total. The number of benzene rings is 3. The molecule has 1 unspecified atom stereocenters. The van der Waals surface area contributed by atoms with Gasteiger partial charge in [0.2, 0.25) is 0 Å². The highest BCUT2D eigenvalue weighted by Crippen LogP contribution is 2.46. The second kappa shape index (κ2) is 13.3. The summed E-state index contributed by atoms with van der Waals surface area (Å²) in [5.74, 6) is -4.09. The zero-order valence-electron chi connectivity index (χ0n) is 25.2. The molecule has 2 saturated carbocycles. The number of halogens is 6. The molecule has 3 fully saturated rings. The normalized spacial score (nSPS) is 25.3. The lowest BCUT2D eigenvalue weighted by Gasteiger charge is -2.38. The van der Waals surface area contributed by atoms with Crippen LogP contribution in [0.2, 0.25) is 0 Å². The van der Waals surface area contributed by atoms with E-state index in [1.165, 1.54) is 24.3 Å². The summed E-state index contributed by atoms with van der Waals surface area (Å²) >= 11 is 0. The van der Waals surface area contributed by atoms with Crippen molar-refractivity contribution in [2.75, 3.05) is 6.61 Å². The topological polar surface area (TPSA) is 12.5 Å². The average molecular weight is 615 g/mol. The van der Waals surface area contributed by atoms with E-state index in [4.69, 9.17) is 4.74 Å². The highest BCUT2D eigenvalue weighted by atomic mass is 19.2. The van der Waals surface area contributed by atoms with E-state index in [9.17, 15) is 17.6 Å². The van der Waals surface area contributed by atoms with Crippen molar-refractivity contribution in [3.8, 4) is 11.1 Å². The monoisotopic (exact) mass is 614 g/mol. The molecule has 1 aliphatic heterocycles. The van der Waals surface area contributed by atoms with Crippen LogP contribution in [0.25, 0.3) is 11.1 Å². The summed E-state index contributed by atoms with van der Waals surface area (Å²) < 4.78 is 93.8. The summed E-state index contributed by atoms with van der Waals surface area (Å²) in [4.78, 5) is 0. The molecule has 1 nitrogen and oxygen atoms in total. The number of ether oxygens (including phenoxy) is 1. The van der Waals surface area contributed by atoms with Crippen molar-refractivity contribution in [2.24, 2.45) is 17.8 Å². The summed E-state index contributed by atoms with van der Waals surface area (Å²) in [6.07, 6.45) is 9.85. The summed E-state index contributed by atoms with van der Waals surface area (Å²) in [5, 5.41) is 0. The molecule has 6 rings (SSSR count). The molecule has 2 aliphatic carbocycles. The summed E-state index contributed by atoms with van der Waals surface area (Å²) in [7, 11) is 0. The van der Waals surface area contributed by atoms with Gasteiger partial charge >= 0.3 is 0 Å². The first-order valence-corrected chi connectivity index (χ1v) is 16.3. The SMILES string of the molecule is CCCc1ccc(-c2ccc(CCC3CCC(C4CCC(c5ccc(C6CO6)c(F)c5F)CC4)CC3)c(F)c2F)c(F)c1F. The molecular weight excluding hydrogens is 574 g/mol. The van der Waals surface area contributed by atoms with Crippen LogP contribution in [-0.2, 0) is 17.6 Å². The van der Waals surface area contributed by atoms with E-state index in [2.05, 4.69) is 0 Å². The summed E-state index contributed by atoms with van der Waals surface area (Å²) in [6.45, 7) is 2.31. The Kier molecular flexibility index (Phi) is 9.42. The number of rotatable bonds is 9. The first-order valence-electron chi connectivity index (χ1n) is 16.3. The van der Waals surface area contributed by atoms with Crippen LogP contribution in [-0.4, -0.2) is 6.61 Å². The van der Waals surface area contributed by atoms with E-state index in [1.54, 1.807) is 12.1 Å². The number of hydrogen-bond donors (Lipinski definition) is 0. The van der Waals surface area contributed by atoms with Gasteiger partial charge in [0.25, 0.3) is 0 Å². The van der Waals surface area contributed by atoms with Gasteiger partial charge in [0.15, 0.2) is 34.9 Å². The third-order valence-electron chi connectivity index (χ3n) is 10.5. The van der Waals surface area contributed by atoms with Gasteiger partial charge in [-0.1, -0.05) is 62.6 Å². The van der Waals surface area contributed by atoms with Gasteiger partial charge in [-0.15, -0.1) is 0 Å². The molecule has 1 heterocycles. The lowest BCUT2D eigenvalue weighted by Crippen LogP contribution is -2.26. The Morgan fingerprint density at radius 3 is 1.61 bits per heavy atom. The van der Waals surface area contributed by atoms with Crippen molar-refractivity contribution < 1.29 is 31.1 Å². The van der Waals surface area contributed by atoms with Gasteiger partial charge < -0.3 is 4.74 Å². The predicted molar refractivity (Wildman–Crippen MR) is 159 cm³/mol. The fourth-order valence-corrected chi connectivity index (χ4v) is 7.83. The molecule has 236 valence electrons. The molecule has 3 aromatic rings. The van der Waals surface area contributed by atoms with Crippen molar-refractivity contribution in [3.63, 3.8) is 0 Å². The molecule has 0 spiro atoms. The van der Waals surface area contributed by atoms with Crippen LogP contribution < -0.4 is 0 Å². The number of epoxide rings is 1. The molecule has 0 radical (unpaired) electrons. The van der Waals surface area contributed by atoms with Gasteiger partial charge in [0.05, 0.1) is 6.61 Å². The van der Waals surface area contributed by atoms with Gasteiger partial charge in [-0.25, -0.2) is 26.3 Å². The number of hydrogen-bond acceptors (Lipinski definition) is 1. The summed E-state index contributed by atoms with van der Waals surface area (Å²) in [6, 6.07) is 9.05. The van der Waals surface area contributed by atoms with E-state index in [-0.39, 0.29) is 34.3 Å². The van der Waals surface area contributed by atoms with Crippen LogP contribution in [0, 0.1) is 52.7 Å². The maximum Gasteiger partial charge on any atom is 0.167 e. The molecule has 0 bridgehead atoms. The number of aryl methyl sites for hydroxylation is 2. The zero-order chi connectivity index (χ0) is 31.0. The Morgan fingerprint density at radius 2 is 1.07 bits per heavy atom. The van der Waals surface area contributed by atoms with Crippen LogP contribution in [0.1, 0.15) is 105 Å². The lowest BCUT2D eigenvalue weighted by atomic mass is 9.68. The smallest absolute Gasteiger partial charge is 0.167 e. The largest absolute Gasteiger partial charge is 0.368 e. The maximum absolute atomic E-state index is 15.1. The predicted octanol–water partition coefficient (Wildman–Crippen LogP) is 10.9. The third kappa shape index (κ3) is 6.31. The molecule has 0 aromatic heterocycles. The van der Waals surface area contributed by atoms with Crippen molar-refractivity contribution >= 4 is 0 Å². The molecule has 44 heavy (non-hydrogen) atoms. The Labute approximate surface area is 256 Å².